The lowest BCUT2D eigenvalue weighted by molar-refractivity contribution is 0.270. The van der Waals surface area contributed by atoms with E-state index in [9.17, 15) is 0 Å². The smallest absolute Gasteiger partial charge is 0.128 e. The molecule has 0 bridgehead atoms. The zero-order valence-corrected chi connectivity index (χ0v) is 13.3. The molecule has 1 aromatic rings. The van der Waals surface area contributed by atoms with Gasteiger partial charge < -0.3 is 15.1 Å². The van der Waals surface area contributed by atoms with E-state index in [4.69, 9.17) is 0 Å². The molecule has 0 spiro atoms. The molecule has 0 amide bonds. The predicted molar refractivity (Wildman–Crippen MR) is 85.2 cm³/mol. The number of piperazine rings is 1. The van der Waals surface area contributed by atoms with E-state index < -0.39 is 0 Å². The van der Waals surface area contributed by atoms with Crippen LogP contribution < -0.4 is 10.2 Å². The highest BCUT2D eigenvalue weighted by Gasteiger charge is 2.17. The Kier molecular flexibility index (Phi) is 5.00. The molecule has 0 aliphatic carbocycles. The van der Waals surface area contributed by atoms with E-state index in [1.807, 2.05) is 6.20 Å². The van der Waals surface area contributed by atoms with Crippen LogP contribution in [0.15, 0.2) is 18.3 Å². The topological polar surface area (TPSA) is 31.4 Å². The Morgan fingerprint density at radius 3 is 2.50 bits per heavy atom. The normalized spacial score (nSPS) is 17.5. The summed E-state index contributed by atoms with van der Waals surface area (Å²) < 4.78 is 0. The number of hydrogen-bond donors (Lipinski definition) is 1. The fourth-order valence-electron chi connectivity index (χ4n) is 2.40. The zero-order valence-electron chi connectivity index (χ0n) is 13.3. The molecule has 1 aliphatic heterocycles. The summed E-state index contributed by atoms with van der Waals surface area (Å²) in [6, 6.07) is 4.32. The van der Waals surface area contributed by atoms with Gasteiger partial charge in [0.2, 0.25) is 0 Å². The number of anilines is 1. The minimum absolute atomic E-state index is 0.149. The molecule has 1 aliphatic rings. The fourth-order valence-corrected chi connectivity index (χ4v) is 2.40. The van der Waals surface area contributed by atoms with Crippen molar-refractivity contribution in [3.05, 3.63) is 23.9 Å². The number of hydrogen-bond acceptors (Lipinski definition) is 4. The van der Waals surface area contributed by atoms with Crippen LogP contribution in [0.1, 0.15) is 33.3 Å². The molecule has 4 nitrogen and oxygen atoms in total. The van der Waals surface area contributed by atoms with Crippen LogP contribution in [0.4, 0.5) is 5.82 Å². The summed E-state index contributed by atoms with van der Waals surface area (Å²) in [7, 11) is 0. The molecule has 0 radical (unpaired) electrons. The molecule has 2 rings (SSSR count). The molecule has 0 aromatic carbocycles. The van der Waals surface area contributed by atoms with Crippen molar-refractivity contribution in [2.75, 3.05) is 37.6 Å². The summed E-state index contributed by atoms with van der Waals surface area (Å²) in [6.45, 7) is 15.3. The van der Waals surface area contributed by atoms with Crippen molar-refractivity contribution in [2.24, 2.45) is 0 Å². The van der Waals surface area contributed by atoms with Crippen molar-refractivity contribution >= 4 is 5.82 Å². The second kappa shape index (κ2) is 6.55. The minimum Gasteiger partial charge on any atom is -0.354 e. The third-order valence-electron chi connectivity index (χ3n) is 3.78. The number of likely N-dealkylation sites (N-methyl/N-ethyl adjacent to an activating group) is 1. The van der Waals surface area contributed by atoms with Crippen molar-refractivity contribution in [3.63, 3.8) is 0 Å². The molecular weight excluding hydrogens is 248 g/mol. The zero-order chi connectivity index (χ0) is 14.6. The highest BCUT2D eigenvalue weighted by molar-refractivity contribution is 5.41. The summed E-state index contributed by atoms with van der Waals surface area (Å²) >= 11 is 0. The Balaban J connectivity index is 1.96. The molecule has 1 saturated heterocycles. The second-order valence-corrected chi connectivity index (χ2v) is 6.55. The van der Waals surface area contributed by atoms with Crippen molar-refractivity contribution in [2.45, 2.75) is 39.8 Å². The van der Waals surface area contributed by atoms with E-state index in [2.05, 4.69) is 59.9 Å². The number of nitrogens with zero attached hydrogens (tertiary/aromatic N) is 3. The molecule has 1 fully saturated rings. The van der Waals surface area contributed by atoms with Gasteiger partial charge in [-0.05, 0) is 45.0 Å². The SMILES string of the molecule is CCN1CCN(c2cc(CNC(C)(C)C)ccn2)CC1. The van der Waals surface area contributed by atoms with Gasteiger partial charge in [-0.3, -0.25) is 0 Å². The summed E-state index contributed by atoms with van der Waals surface area (Å²) in [6.07, 6.45) is 1.93. The summed E-state index contributed by atoms with van der Waals surface area (Å²) in [5, 5.41) is 3.53. The van der Waals surface area contributed by atoms with Gasteiger partial charge in [0.25, 0.3) is 0 Å². The van der Waals surface area contributed by atoms with Crippen LogP contribution in [0.5, 0.6) is 0 Å². The largest absolute Gasteiger partial charge is 0.354 e. The van der Waals surface area contributed by atoms with Crippen molar-refractivity contribution in [3.8, 4) is 0 Å². The van der Waals surface area contributed by atoms with Gasteiger partial charge in [0.15, 0.2) is 0 Å². The quantitative estimate of drug-likeness (QED) is 0.913. The number of pyridine rings is 1. The van der Waals surface area contributed by atoms with Gasteiger partial charge >= 0.3 is 0 Å². The van der Waals surface area contributed by atoms with Crippen LogP contribution in [0.2, 0.25) is 0 Å². The Hall–Kier alpha value is -1.13. The Morgan fingerprint density at radius 1 is 1.20 bits per heavy atom. The maximum atomic E-state index is 4.54. The highest BCUT2D eigenvalue weighted by Crippen LogP contribution is 2.15. The number of aromatic nitrogens is 1. The van der Waals surface area contributed by atoms with Crippen molar-refractivity contribution in [1.29, 1.82) is 0 Å². The highest BCUT2D eigenvalue weighted by atomic mass is 15.3. The maximum Gasteiger partial charge on any atom is 0.128 e. The van der Waals surface area contributed by atoms with Gasteiger partial charge in [0.05, 0.1) is 0 Å². The van der Waals surface area contributed by atoms with E-state index in [1.54, 1.807) is 0 Å². The van der Waals surface area contributed by atoms with E-state index in [0.29, 0.717) is 0 Å². The van der Waals surface area contributed by atoms with Crippen LogP contribution in [-0.2, 0) is 6.54 Å². The van der Waals surface area contributed by atoms with E-state index in [0.717, 1.165) is 45.1 Å². The average Bonchev–Trinajstić information content (AvgIpc) is 2.45. The van der Waals surface area contributed by atoms with Gasteiger partial charge in [-0.25, -0.2) is 4.98 Å². The molecular formula is C16H28N4. The Bertz CT molecular complexity index is 417. The molecule has 4 heteroatoms. The molecule has 112 valence electrons. The van der Waals surface area contributed by atoms with Crippen LogP contribution in [-0.4, -0.2) is 48.1 Å². The van der Waals surface area contributed by atoms with E-state index in [-0.39, 0.29) is 5.54 Å². The maximum absolute atomic E-state index is 4.54. The first kappa shape index (κ1) is 15.3. The third kappa shape index (κ3) is 4.46. The van der Waals surface area contributed by atoms with Crippen LogP contribution in [0, 0.1) is 0 Å². The van der Waals surface area contributed by atoms with Gasteiger partial charge in [-0.1, -0.05) is 6.92 Å². The Labute approximate surface area is 123 Å². The molecule has 0 atom stereocenters. The Morgan fingerprint density at radius 2 is 1.90 bits per heavy atom. The fraction of sp³-hybridized carbons (Fsp3) is 0.688. The number of rotatable bonds is 4. The van der Waals surface area contributed by atoms with Gasteiger partial charge in [-0.15, -0.1) is 0 Å². The van der Waals surface area contributed by atoms with Crippen LogP contribution in [0.3, 0.4) is 0 Å². The second-order valence-electron chi connectivity index (χ2n) is 6.55. The molecule has 1 N–H and O–H groups in total. The summed E-state index contributed by atoms with van der Waals surface area (Å²) in [4.78, 5) is 9.42. The average molecular weight is 276 g/mol. The summed E-state index contributed by atoms with van der Waals surface area (Å²) in [5.74, 6) is 1.12. The first-order valence-electron chi connectivity index (χ1n) is 7.65. The molecule has 1 aromatic heterocycles. The van der Waals surface area contributed by atoms with E-state index in [1.165, 1.54) is 5.56 Å². The molecule has 20 heavy (non-hydrogen) atoms. The lowest BCUT2D eigenvalue weighted by atomic mass is 10.1. The predicted octanol–water partition coefficient (Wildman–Crippen LogP) is 2.11. The van der Waals surface area contributed by atoms with Crippen molar-refractivity contribution in [1.82, 2.24) is 15.2 Å². The lowest BCUT2D eigenvalue weighted by Gasteiger charge is -2.34. The van der Waals surface area contributed by atoms with E-state index >= 15 is 0 Å². The standard InChI is InChI=1S/C16H28N4/c1-5-19-8-10-20(11-9-19)15-12-14(6-7-17-15)13-18-16(2,3)4/h6-7,12,18H,5,8-11,13H2,1-4H3. The first-order valence-corrected chi connectivity index (χ1v) is 7.65. The monoisotopic (exact) mass is 276 g/mol. The van der Waals surface area contributed by atoms with Gasteiger partial charge in [0.1, 0.15) is 5.82 Å². The third-order valence-corrected chi connectivity index (χ3v) is 3.78. The van der Waals surface area contributed by atoms with Crippen LogP contribution in [0.25, 0.3) is 0 Å². The minimum atomic E-state index is 0.149. The van der Waals surface area contributed by atoms with Gasteiger partial charge in [-0.2, -0.15) is 0 Å². The summed E-state index contributed by atoms with van der Waals surface area (Å²) in [5.41, 5.74) is 1.46. The van der Waals surface area contributed by atoms with Crippen molar-refractivity contribution < 1.29 is 0 Å². The first-order chi connectivity index (χ1) is 9.48. The number of nitrogens with one attached hydrogen (secondary N) is 1. The van der Waals surface area contributed by atoms with Crippen LogP contribution >= 0.6 is 0 Å². The lowest BCUT2D eigenvalue weighted by Crippen LogP contribution is -2.46. The molecule has 2 heterocycles. The molecule has 0 unspecified atom stereocenters. The molecule has 0 saturated carbocycles. The van der Waals surface area contributed by atoms with Gasteiger partial charge in [0, 0.05) is 44.5 Å².